The Morgan fingerprint density at radius 2 is 2.04 bits per heavy atom. The Hall–Kier alpha value is -2.19. The first-order valence-corrected chi connectivity index (χ1v) is 9.45. The van der Waals surface area contributed by atoms with Gasteiger partial charge in [-0.15, -0.1) is 11.6 Å². The maximum atomic E-state index is 5.99. The van der Waals surface area contributed by atoms with Crippen LogP contribution in [0.1, 0.15) is 12.8 Å². The van der Waals surface area contributed by atoms with E-state index >= 15 is 0 Å². The number of ether oxygens (including phenoxy) is 2. The van der Waals surface area contributed by atoms with Gasteiger partial charge in [-0.05, 0) is 42.8 Å². The van der Waals surface area contributed by atoms with E-state index in [0.717, 1.165) is 46.6 Å². The normalized spacial score (nSPS) is 11.0. The number of benzene rings is 1. The highest BCUT2D eigenvalue weighted by Gasteiger charge is 2.17. The van der Waals surface area contributed by atoms with Gasteiger partial charge in [0.05, 0.1) is 19.1 Å². The van der Waals surface area contributed by atoms with Gasteiger partial charge in [-0.25, -0.2) is 15.0 Å². The van der Waals surface area contributed by atoms with Gasteiger partial charge in [-0.1, -0.05) is 0 Å². The number of rotatable bonds is 8. The zero-order chi connectivity index (χ0) is 18.5. The highest BCUT2D eigenvalue weighted by molar-refractivity contribution is 7.99. The van der Waals surface area contributed by atoms with Crippen molar-refractivity contribution >= 4 is 40.3 Å². The van der Waals surface area contributed by atoms with E-state index in [9.17, 15) is 0 Å². The highest BCUT2D eigenvalue weighted by Crippen LogP contribution is 2.38. The number of fused-ring (bicyclic) bond motifs is 1. The van der Waals surface area contributed by atoms with Crippen molar-refractivity contribution in [1.29, 1.82) is 0 Å². The Morgan fingerprint density at radius 1 is 1.19 bits per heavy atom. The van der Waals surface area contributed by atoms with Gasteiger partial charge >= 0.3 is 0 Å². The van der Waals surface area contributed by atoms with Gasteiger partial charge in [-0.2, -0.15) is 0 Å². The van der Waals surface area contributed by atoms with E-state index in [-0.39, 0.29) is 0 Å². The van der Waals surface area contributed by atoms with Crippen molar-refractivity contribution in [2.24, 2.45) is 0 Å². The fourth-order valence-corrected chi connectivity index (χ4v) is 3.78. The van der Waals surface area contributed by atoms with Crippen LogP contribution in [0.2, 0.25) is 0 Å². The van der Waals surface area contributed by atoms with Gasteiger partial charge in [0.25, 0.3) is 0 Å². The number of aromatic nitrogens is 4. The Balaban J connectivity index is 2.04. The molecule has 26 heavy (non-hydrogen) atoms. The largest absolute Gasteiger partial charge is 0.497 e. The summed E-state index contributed by atoms with van der Waals surface area (Å²) in [6.45, 7) is 0.744. The summed E-state index contributed by atoms with van der Waals surface area (Å²) < 4.78 is 12.8. The van der Waals surface area contributed by atoms with Crippen molar-refractivity contribution in [1.82, 2.24) is 19.5 Å². The zero-order valence-corrected chi connectivity index (χ0v) is 16.2. The third-order valence-electron chi connectivity index (χ3n) is 3.86. The van der Waals surface area contributed by atoms with E-state index < -0.39 is 0 Å². The number of anilines is 1. The molecule has 0 saturated carbocycles. The number of nitrogen functional groups attached to an aromatic ring is 1. The van der Waals surface area contributed by atoms with Gasteiger partial charge in [0.2, 0.25) is 0 Å². The van der Waals surface area contributed by atoms with Crippen molar-refractivity contribution in [3.05, 3.63) is 24.5 Å². The van der Waals surface area contributed by atoms with Gasteiger partial charge in [0.15, 0.2) is 22.1 Å². The molecule has 0 bridgehead atoms. The Labute approximate surface area is 160 Å². The lowest BCUT2D eigenvalue weighted by Gasteiger charge is -2.11. The van der Waals surface area contributed by atoms with Crippen LogP contribution in [0.15, 0.2) is 34.6 Å². The molecular weight excluding hydrogens is 374 g/mol. The average molecular weight is 394 g/mol. The lowest BCUT2D eigenvalue weighted by molar-refractivity contribution is 0.394. The number of unbranched alkanes of at least 4 members (excludes halogenated alkanes) is 1. The second kappa shape index (κ2) is 8.46. The Bertz CT molecular complexity index is 902. The summed E-state index contributed by atoms with van der Waals surface area (Å²) in [5, 5.41) is 0.772. The predicted octanol–water partition coefficient (Wildman–Crippen LogP) is 3.60. The molecule has 0 aliphatic rings. The summed E-state index contributed by atoms with van der Waals surface area (Å²) in [5.41, 5.74) is 7.31. The number of halogens is 1. The molecule has 0 atom stereocenters. The number of hydrogen-bond acceptors (Lipinski definition) is 7. The summed E-state index contributed by atoms with van der Waals surface area (Å²) in [7, 11) is 3.27. The van der Waals surface area contributed by atoms with Crippen LogP contribution < -0.4 is 15.2 Å². The molecule has 2 heterocycles. The maximum Gasteiger partial charge on any atom is 0.175 e. The maximum absolute atomic E-state index is 5.99. The molecule has 2 N–H and O–H groups in total. The zero-order valence-electron chi connectivity index (χ0n) is 14.6. The minimum absolute atomic E-state index is 0.366. The summed E-state index contributed by atoms with van der Waals surface area (Å²) in [6.07, 6.45) is 3.29. The first-order valence-electron chi connectivity index (χ1n) is 8.10. The van der Waals surface area contributed by atoms with Crippen LogP contribution in [0.4, 0.5) is 5.82 Å². The predicted molar refractivity (Wildman–Crippen MR) is 103 cm³/mol. The molecule has 2 aromatic heterocycles. The molecule has 3 aromatic rings. The topological polar surface area (TPSA) is 88.1 Å². The molecule has 138 valence electrons. The van der Waals surface area contributed by atoms with Crippen LogP contribution in [0.25, 0.3) is 11.2 Å². The van der Waals surface area contributed by atoms with E-state index in [4.69, 9.17) is 26.8 Å². The molecule has 0 saturated heterocycles. The summed E-state index contributed by atoms with van der Waals surface area (Å²) >= 11 is 7.30. The first-order chi connectivity index (χ1) is 12.7. The van der Waals surface area contributed by atoms with E-state index in [1.165, 1.54) is 18.1 Å². The highest BCUT2D eigenvalue weighted by atomic mass is 35.5. The molecule has 3 rings (SSSR count). The van der Waals surface area contributed by atoms with E-state index in [1.807, 2.05) is 22.8 Å². The quantitative estimate of drug-likeness (QED) is 0.462. The van der Waals surface area contributed by atoms with Crippen LogP contribution in [0.5, 0.6) is 11.5 Å². The molecule has 1 aromatic carbocycles. The molecule has 7 nitrogen and oxygen atoms in total. The third kappa shape index (κ3) is 3.81. The molecular formula is C17H20ClN5O2S. The lowest BCUT2D eigenvalue weighted by Crippen LogP contribution is -2.02. The minimum atomic E-state index is 0.366. The number of nitrogens with two attached hydrogens (primary N) is 1. The fourth-order valence-electron chi connectivity index (χ4n) is 2.54. The summed E-state index contributed by atoms with van der Waals surface area (Å²) in [5.74, 6) is 2.48. The van der Waals surface area contributed by atoms with Crippen LogP contribution in [-0.2, 0) is 6.54 Å². The number of nitrogens with zero attached hydrogens (tertiary/aromatic N) is 4. The Kier molecular flexibility index (Phi) is 6.05. The molecule has 9 heteroatoms. The molecule has 0 fully saturated rings. The average Bonchev–Trinajstić information content (AvgIpc) is 3.01. The van der Waals surface area contributed by atoms with Gasteiger partial charge in [-0.3, -0.25) is 0 Å². The van der Waals surface area contributed by atoms with E-state index in [0.29, 0.717) is 17.2 Å². The second-order valence-corrected chi connectivity index (χ2v) is 6.88. The number of aryl methyl sites for hydroxylation is 1. The minimum Gasteiger partial charge on any atom is -0.497 e. The number of hydrogen-bond donors (Lipinski definition) is 1. The smallest absolute Gasteiger partial charge is 0.175 e. The monoisotopic (exact) mass is 393 g/mol. The molecule has 0 aliphatic heterocycles. The molecule has 0 spiro atoms. The van der Waals surface area contributed by atoms with E-state index in [2.05, 4.69) is 15.0 Å². The SMILES string of the molecule is COc1ccc(OC)c(Sc2nc3c(N)ncnc3n2CCCCCl)c1. The third-order valence-corrected chi connectivity index (χ3v) is 5.16. The van der Waals surface area contributed by atoms with Crippen LogP contribution in [0.3, 0.4) is 0 Å². The second-order valence-electron chi connectivity index (χ2n) is 5.49. The molecule has 0 unspecified atom stereocenters. The van der Waals surface area contributed by atoms with Crippen LogP contribution in [-0.4, -0.2) is 39.6 Å². The van der Waals surface area contributed by atoms with Crippen molar-refractivity contribution in [3.63, 3.8) is 0 Å². The summed E-state index contributed by atoms with van der Waals surface area (Å²) in [4.78, 5) is 14.0. The number of alkyl halides is 1. The lowest BCUT2D eigenvalue weighted by atomic mass is 10.3. The van der Waals surface area contributed by atoms with Gasteiger partial charge in [0, 0.05) is 12.4 Å². The first kappa shape index (κ1) is 18.6. The van der Waals surface area contributed by atoms with Crippen molar-refractivity contribution in [2.75, 3.05) is 25.8 Å². The van der Waals surface area contributed by atoms with Gasteiger partial charge in [0.1, 0.15) is 17.8 Å². The number of methoxy groups -OCH3 is 2. The fraction of sp³-hybridized carbons (Fsp3) is 0.353. The Morgan fingerprint density at radius 3 is 2.77 bits per heavy atom. The molecule has 0 radical (unpaired) electrons. The molecule has 0 amide bonds. The standard InChI is InChI=1S/C17H20ClN5O2S/c1-24-11-5-6-12(25-2)13(9-11)26-17-22-14-15(19)20-10-21-16(14)23(17)8-4-3-7-18/h5-6,9-10H,3-4,7-8H2,1-2H3,(H2,19,20,21). The van der Waals surface area contributed by atoms with Crippen molar-refractivity contribution < 1.29 is 9.47 Å². The van der Waals surface area contributed by atoms with Crippen molar-refractivity contribution in [3.8, 4) is 11.5 Å². The van der Waals surface area contributed by atoms with E-state index in [1.54, 1.807) is 14.2 Å². The van der Waals surface area contributed by atoms with Crippen LogP contribution in [0, 0.1) is 0 Å². The summed E-state index contributed by atoms with van der Waals surface area (Å²) in [6, 6.07) is 5.65. The number of imidazole rings is 1. The molecule has 0 aliphatic carbocycles. The van der Waals surface area contributed by atoms with Crippen LogP contribution >= 0.6 is 23.4 Å². The van der Waals surface area contributed by atoms with Crippen molar-refractivity contribution in [2.45, 2.75) is 29.4 Å². The van der Waals surface area contributed by atoms with Gasteiger partial charge < -0.3 is 19.8 Å².